The molecule has 0 fully saturated rings. The first kappa shape index (κ1) is 19.8. The molecule has 0 radical (unpaired) electrons. The number of benzene rings is 3. The summed E-state index contributed by atoms with van der Waals surface area (Å²) in [4.78, 5) is 23.0. The molecule has 4 rings (SSSR count). The fourth-order valence-corrected chi connectivity index (χ4v) is 3.56. The minimum atomic E-state index is -0.442. The van der Waals surface area contributed by atoms with Crippen LogP contribution in [0.1, 0.15) is 27.0 Å². The van der Waals surface area contributed by atoms with Gasteiger partial charge in [-0.1, -0.05) is 28.1 Å². The van der Waals surface area contributed by atoms with Crippen molar-refractivity contribution in [3.05, 3.63) is 103 Å². The molecule has 0 N–H and O–H groups in total. The zero-order valence-electron chi connectivity index (χ0n) is 15.9. The molecule has 0 aliphatic carbocycles. The summed E-state index contributed by atoms with van der Waals surface area (Å²) in [6.45, 7) is 2.08. The highest BCUT2D eigenvalue weighted by atomic mass is 79.9. The summed E-state index contributed by atoms with van der Waals surface area (Å²) in [6, 6.07) is 17.2. The van der Waals surface area contributed by atoms with E-state index in [9.17, 15) is 14.9 Å². The van der Waals surface area contributed by atoms with Crippen molar-refractivity contribution >= 4 is 33.5 Å². The van der Waals surface area contributed by atoms with Crippen molar-refractivity contribution in [2.45, 2.75) is 13.5 Å². The molecule has 7 heteroatoms. The topological polar surface area (TPSA) is 78.7 Å². The number of carbonyl (C=O) groups is 1. The lowest BCUT2D eigenvalue weighted by Gasteiger charge is -2.11. The third-order valence-electron chi connectivity index (χ3n) is 4.72. The summed E-state index contributed by atoms with van der Waals surface area (Å²) < 4.78 is 12.7. The Balaban J connectivity index is 1.53. The van der Waals surface area contributed by atoms with Crippen molar-refractivity contribution in [3.8, 4) is 11.5 Å². The van der Waals surface area contributed by atoms with Gasteiger partial charge in [-0.2, -0.15) is 0 Å². The molecular weight excluding hydrogens is 450 g/mol. The quantitative estimate of drug-likeness (QED) is 0.267. The van der Waals surface area contributed by atoms with Crippen molar-refractivity contribution in [3.63, 3.8) is 0 Å². The summed E-state index contributed by atoms with van der Waals surface area (Å²) >= 11 is 3.42. The van der Waals surface area contributed by atoms with Crippen molar-refractivity contribution < 1.29 is 19.2 Å². The van der Waals surface area contributed by atoms with Crippen LogP contribution in [0.25, 0.3) is 6.08 Å². The maximum atomic E-state index is 12.7. The fraction of sp³-hybridized carbons (Fsp3) is 0.0870. The van der Waals surface area contributed by atoms with E-state index in [1.165, 1.54) is 12.1 Å². The van der Waals surface area contributed by atoms with Gasteiger partial charge in [-0.3, -0.25) is 14.9 Å². The van der Waals surface area contributed by atoms with Crippen molar-refractivity contribution in [1.82, 2.24) is 0 Å². The van der Waals surface area contributed by atoms with E-state index in [-0.39, 0.29) is 23.8 Å². The van der Waals surface area contributed by atoms with E-state index in [1.807, 2.05) is 31.2 Å². The molecule has 1 aliphatic heterocycles. The van der Waals surface area contributed by atoms with E-state index >= 15 is 0 Å². The van der Waals surface area contributed by atoms with Crippen LogP contribution in [0.2, 0.25) is 0 Å². The second-order valence-electron chi connectivity index (χ2n) is 6.77. The fourth-order valence-electron chi connectivity index (χ4n) is 3.15. The number of allylic oxidation sites excluding steroid dienone is 1. The highest BCUT2D eigenvalue weighted by Gasteiger charge is 2.30. The molecule has 30 heavy (non-hydrogen) atoms. The minimum Gasteiger partial charge on any atom is -0.488 e. The van der Waals surface area contributed by atoms with Crippen LogP contribution in [0.3, 0.4) is 0 Å². The highest BCUT2D eigenvalue weighted by Crippen LogP contribution is 2.39. The zero-order valence-corrected chi connectivity index (χ0v) is 17.5. The Hall–Kier alpha value is -3.45. The molecule has 0 spiro atoms. The molecule has 0 bridgehead atoms. The van der Waals surface area contributed by atoms with Crippen molar-refractivity contribution in [2.75, 3.05) is 0 Å². The first-order valence-electron chi connectivity index (χ1n) is 9.12. The first-order valence-corrected chi connectivity index (χ1v) is 9.91. The maximum Gasteiger partial charge on any atom is 0.269 e. The number of nitro groups is 1. The van der Waals surface area contributed by atoms with E-state index < -0.39 is 4.92 Å². The molecule has 1 aliphatic rings. The monoisotopic (exact) mass is 465 g/mol. The average molecular weight is 466 g/mol. The second-order valence-corrected chi connectivity index (χ2v) is 7.69. The maximum absolute atomic E-state index is 12.7. The number of rotatable bonds is 5. The second kappa shape index (κ2) is 8.12. The molecule has 3 aromatic rings. The van der Waals surface area contributed by atoms with E-state index in [0.29, 0.717) is 17.1 Å². The lowest BCUT2D eigenvalue weighted by atomic mass is 10.1. The summed E-state index contributed by atoms with van der Waals surface area (Å²) in [5.41, 5.74) is 2.90. The van der Waals surface area contributed by atoms with Gasteiger partial charge in [0, 0.05) is 22.2 Å². The smallest absolute Gasteiger partial charge is 0.269 e. The molecule has 0 saturated carbocycles. The van der Waals surface area contributed by atoms with E-state index in [4.69, 9.17) is 9.47 Å². The number of Topliss-reactive ketones (excluding diaryl/α,β-unsaturated/α-hetero) is 1. The van der Waals surface area contributed by atoms with Gasteiger partial charge in [-0.05, 0) is 60.5 Å². The van der Waals surface area contributed by atoms with Gasteiger partial charge in [-0.15, -0.1) is 0 Å². The number of hydrogen-bond donors (Lipinski definition) is 0. The number of nitro benzene ring substituents is 1. The summed E-state index contributed by atoms with van der Waals surface area (Å²) in [5.74, 6) is 1.17. The third-order valence-corrected chi connectivity index (χ3v) is 5.22. The molecule has 0 atom stereocenters. The lowest BCUT2D eigenvalue weighted by molar-refractivity contribution is -0.384. The van der Waals surface area contributed by atoms with Gasteiger partial charge in [-0.25, -0.2) is 0 Å². The molecule has 3 aromatic carbocycles. The molecule has 150 valence electrons. The molecule has 0 amide bonds. The number of non-ortho nitro benzene ring substituents is 1. The standard InChI is InChI=1S/C23H16BrNO5/c1-14-20(29-13-15-5-7-18(8-6-15)25(27)28)10-9-19-22(26)21(30-23(14)19)12-16-3-2-4-17(24)11-16/h2-12H,13H2,1H3/b21-12-. The van der Waals surface area contributed by atoms with E-state index in [0.717, 1.165) is 21.2 Å². The number of carbonyl (C=O) groups excluding carboxylic acids is 1. The van der Waals surface area contributed by atoms with Crippen LogP contribution in [0, 0.1) is 17.0 Å². The molecule has 0 unspecified atom stereocenters. The predicted octanol–water partition coefficient (Wildman–Crippen LogP) is 5.86. The Morgan fingerprint density at radius 3 is 2.60 bits per heavy atom. The number of ketones is 1. The Bertz CT molecular complexity index is 1180. The SMILES string of the molecule is Cc1c(OCc2ccc([N+](=O)[O-])cc2)ccc2c1O/C(=C\c1cccc(Br)c1)C2=O. The molecule has 0 aromatic heterocycles. The van der Waals surface area contributed by atoms with Gasteiger partial charge in [0.1, 0.15) is 18.1 Å². The number of nitrogens with zero attached hydrogens (tertiary/aromatic N) is 1. The van der Waals surface area contributed by atoms with Crippen LogP contribution in [-0.2, 0) is 6.61 Å². The number of ether oxygens (including phenoxy) is 2. The van der Waals surface area contributed by atoms with Gasteiger partial charge in [0.05, 0.1) is 10.5 Å². The van der Waals surface area contributed by atoms with Gasteiger partial charge < -0.3 is 9.47 Å². The molecule has 6 nitrogen and oxygen atoms in total. The third kappa shape index (κ3) is 3.97. The van der Waals surface area contributed by atoms with Crippen LogP contribution < -0.4 is 9.47 Å². The van der Waals surface area contributed by atoms with Crippen LogP contribution in [0.4, 0.5) is 5.69 Å². The normalized spacial score (nSPS) is 13.8. The van der Waals surface area contributed by atoms with Gasteiger partial charge in [0.25, 0.3) is 5.69 Å². The minimum absolute atomic E-state index is 0.0316. The lowest BCUT2D eigenvalue weighted by Crippen LogP contribution is -1.99. The summed E-state index contributed by atoms with van der Waals surface area (Å²) in [6.07, 6.45) is 1.71. The van der Waals surface area contributed by atoms with E-state index in [1.54, 1.807) is 30.3 Å². The number of halogens is 1. The molecule has 1 heterocycles. The van der Waals surface area contributed by atoms with Crippen LogP contribution in [-0.4, -0.2) is 10.7 Å². The first-order chi connectivity index (χ1) is 14.4. The van der Waals surface area contributed by atoms with Gasteiger partial charge >= 0.3 is 0 Å². The van der Waals surface area contributed by atoms with Crippen molar-refractivity contribution in [1.29, 1.82) is 0 Å². The average Bonchev–Trinajstić information content (AvgIpc) is 3.04. The van der Waals surface area contributed by atoms with Crippen molar-refractivity contribution in [2.24, 2.45) is 0 Å². The zero-order chi connectivity index (χ0) is 21.3. The van der Waals surface area contributed by atoms with Gasteiger partial charge in [0.15, 0.2) is 5.76 Å². The van der Waals surface area contributed by atoms with Crippen LogP contribution in [0.5, 0.6) is 11.5 Å². The Kier molecular flexibility index (Phi) is 5.37. The van der Waals surface area contributed by atoms with Crippen LogP contribution in [0.15, 0.2) is 70.9 Å². The Morgan fingerprint density at radius 1 is 1.13 bits per heavy atom. The summed E-state index contributed by atoms with van der Waals surface area (Å²) in [5, 5.41) is 10.8. The van der Waals surface area contributed by atoms with Crippen LogP contribution >= 0.6 is 15.9 Å². The van der Waals surface area contributed by atoms with Gasteiger partial charge in [0.2, 0.25) is 5.78 Å². The largest absolute Gasteiger partial charge is 0.488 e. The number of fused-ring (bicyclic) bond motifs is 1. The molecular formula is C23H16BrNO5. The van der Waals surface area contributed by atoms with E-state index in [2.05, 4.69) is 15.9 Å². The highest BCUT2D eigenvalue weighted by molar-refractivity contribution is 9.10. The summed E-state index contributed by atoms with van der Waals surface area (Å²) in [7, 11) is 0. The Labute approximate surface area is 181 Å². The number of hydrogen-bond acceptors (Lipinski definition) is 5. The Morgan fingerprint density at radius 2 is 1.90 bits per heavy atom. The molecule has 0 saturated heterocycles. The predicted molar refractivity (Wildman–Crippen MR) is 116 cm³/mol.